The Morgan fingerprint density at radius 1 is 1.08 bits per heavy atom. The summed E-state index contributed by atoms with van der Waals surface area (Å²) in [5, 5.41) is 3.41. The highest BCUT2D eigenvalue weighted by atomic mass is 32.1. The fourth-order valence-corrected chi connectivity index (χ4v) is 3.89. The fraction of sp³-hybridized carbons (Fsp3) is 0.526. The molecule has 1 aromatic carbocycles. The molecule has 1 saturated heterocycles. The summed E-state index contributed by atoms with van der Waals surface area (Å²) in [6, 6.07) is 6.84. The highest BCUT2D eigenvalue weighted by molar-refractivity contribution is 7.09. The van der Waals surface area contributed by atoms with Crippen LogP contribution in [0.15, 0.2) is 29.6 Å². The molecule has 2 heterocycles. The quantitative estimate of drug-likeness (QED) is 0.825. The molecular weight excluding hydrogens is 321 g/mol. The fourth-order valence-electron chi connectivity index (χ4n) is 2.99. The van der Waals surface area contributed by atoms with Crippen LogP contribution in [-0.2, 0) is 12.0 Å². The zero-order chi connectivity index (χ0) is 17.2. The van der Waals surface area contributed by atoms with Gasteiger partial charge in [0.15, 0.2) is 0 Å². The van der Waals surface area contributed by atoms with Crippen molar-refractivity contribution < 1.29 is 4.39 Å². The van der Waals surface area contributed by atoms with Crippen LogP contribution in [0.3, 0.4) is 0 Å². The molecule has 5 heteroatoms. The Labute approximate surface area is 148 Å². The van der Waals surface area contributed by atoms with Gasteiger partial charge in [0.25, 0.3) is 0 Å². The van der Waals surface area contributed by atoms with E-state index in [9.17, 15) is 4.39 Å². The van der Waals surface area contributed by atoms with E-state index in [2.05, 4.69) is 36.0 Å². The number of halogens is 1. The maximum absolute atomic E-state index is 13.1. The van der Waals surface area contributed by atoms with E-state index in [1.54, 1.807) is 23.5 Å². The molecule has 0 unspecified atom stereocenters. The summed E-state index contributed by atoms with van der Waals surface area (Å²) in [5.41, 5.74) is 2.42. The SMILES string of the molecule is CC(C)(C)c1nc(CN2CCCN(c3ccc(F)cc3)CC2)cs1. The molecular formula is C19H26FN3S. The van der Waals surface area contributed by atoms with Gasteiger partial charge in [0.05, 0.1) is 10.7 Å². The largest absolute Gasteiger partial charge is 0.370 e. The number of benzene rings is 1. The molecule has 0 atom stereocenters. The molecule has 0 N–H and O–H groups in total. The van der Waals surface area contributed by atoms with Crippen molar-refractivity contribution in [2.24, 2.45) is 0 Å². The number of hydrogen-bond acceptors (Lipinski definition) is 4. The van der Waals surface area contributed by atoms with Crippen LogP contribution in [-0.4, -0.2) is 36.1 Å². The van der Waals surface area contributed by atoms with Gasteiger partial charge in [-0.2, -0.15) is 0 Å². The second kappa shape index (κ2) is 7.19. The lowest BCUT2D eigenvalue weighted by molar-refractivity contribution is 0.282. The van der Waals surface area contributed by atoms with Gasteiger partial charge in [-0.1, -0.05) is 20.8 Å². The lowest BCUT2D eigenvalue weighted by Gasteiger charge is -2.23. The third-order valence-electron chi connectivity index (χ3n) is 4.36. The highest BCUT2D eigenvalue weighted by Gasteiger charge is 2.20. The first kappa shape index (κ1) is 17.4. The number of nitrogens with zero attached hydrogens (tertiary/aromatic N) is 3. The van der Waals surface area contributed by atoms with Crippen LogP contribution < -0.4 is 4.90 Å². The molecule has 0 bridgehead atoms. The van der Waals surface area contributed by atoms with Gasteiger partial charge in [-0.25, -0.2) is 9.37 Å². The minimum absolute atomic E-state index is 0.126. The van der Waals surface area contributed by atoms with Crippen molar-refractivity contribution in [3.05, 3.63) is 46.2 Å². The van der Waals surface area contributed by atoms with Crippen molar-refractivity contribution in [1.29, 1.82) is 0 Å². The van der Waals surface area contributed by atoms with E-state index in [1.165, 1.54) is 10.7 Å². The summed E-state index contributed by atoms with van der Waals surface area (Å²) in [6.45, 7) is 11.6. The van der Waals surface area contributed by atoms with Crippen LogP contribution in [0, 0.1) is 5.82 Å². The average Bonchev–Trinajstić information content (AvgIpc) is 2.88. The standard InChI is InChI=1S/C19H26FN3S/c1-19(2,3)18-21-16(14-24-18)13-22-9-4-10-23(12-11-22)17-7-5-15(20)6-8-17/h5-8,14H,4,9-13H2,1-3H3. The molecule has 24 heavy (non-hydrogen) atoms. The first-order valence-corrected chi connectivity index (χ1v) is 9.47. The van der Waals surface area contributed by atoms with Gasteiger partial charge in [-0.15, -0.1) is 11.3 Å². The second-order valence-electron chi connectivity index (χ2n) is 7.49. The minimum atomic E-state index is -0.173. The maximum atomic E-state index is 13.1. The molecule has 1 aliphatic rings. The van der Waals surface area contributed by atoms with Crippen LogP contribution in [0.2, 0.25) is 0 Å². The van der Waals surface area contributed by atoms with Gasteiger partial charge in [-0.3, -0.25) is 4.90 Å². The van der Waals surface area contributed by atoms with Crippen molar-refractivity contribution in [3.8, 4) is 0 Å². The zero-order valence-corrected chi connectivity index (χ0v) is 15.6. The van der Waals surface area contributed by atoms with E-state index < -0.39 is 0 Å². The van der Waals surface area contributed by atoms with Crippen LogP contribution in [0.4, 0.5) is 10.1 Å². The van der Waals surface area contributed by atoms with Gasteiger partial charge >= 0.3 is 0 Å². The van der Waals surface area contributed by atoms with Crippen molar-refractivity contribution in [2.45, 2.75) is 39.2 Å². The van der Waals surface area contributed by atoms with E-state index in [0.29, 0.717) is 0 Å². The summed E-state index contributed by atoms with van der Waals surface area (Å²) < 4.78 is 13.1. The summed E-state index contributed by atoms with van der Waals surface area (Å²) in [5.74, 6) is -0.173. The van der Waals surface area contributed by atoms with Crippen LogP contribution in [0.1, 0.15) is 37.9 Å². The van der Waals surface area contributed by atoms with Gasteiger partial charge in [0.1, 0.15) is 5.82 Å². The average molecular weight is 348 g/mol. The smallest absolute Gasteiger partial charge is 0.123 e. The van der Waals surface area contributed by atoms with E-state index in [0.717, 1.165) is 44.8 Å². The molecule has 0 amide bonds. The molecule has 0 spiro atoms. The van der Waals surface area contributed by atoms with E-state index >= 15 is 0 Å². The molecule has 0 aliphatic carbocycles. The predicted molar refractivity (Wildman–Crippen MR) is 99.3 cm³/mol. The zero-order valence-electron chi connectivity index (χ0n) is 14.8. The van der Waals surface area contributed by atoms with Crippen LogP contribution in [0.25, 0.3) is 0 Å². The topological polar surface area (TPSA) is 19.4 Å². The number of thiazole rings is 1. The lowest BCUT2D eigenvalue weighted by atomic mass is 9.98. The maximum Gasteiger partial charge on any atom is 0.123 e. The first-order chi connectivity index (χ1) is 11.4. The van der Waals surface area contributed by atoms with Crippen LogP contribution >= 0.6 is 11.3 Å². The summed E-state index contributed by atoms with van der Waals surface area (Å²) in [7, 11) is 0. The molecule has 1 aromatic heterocycles. The summed E-state index contributed by atoms with van der Waals surface area (Å²) in [6.07, 6.45) is 1.12. The number of hydrogen-bond donors (Lipinski definition) is 0. The molecule has 1 fully saturated rings. The Balaban J connectivity index is 1.59. The van der Waals surface area contributed by atoms with E-state index in [4.69, 9.17) is 4.98 Å². The van der Waals surface area contributed by atoms with Gasteiger partial charge in [-0.05, 0) is 30.7 Å². The Kier molecular flexibility index (Phi) is 5.21. The van der Waals surface area contributed by atoms with Crippen molar-refractivity contribution in [3.63, 3.8) is 0 Å². The molecule has 1 aliphatic heterocycles. The minimum Gasteiger partial charge on any atom is -0.370 e. The predicted octanol–water partition coefficient (Wildman–Crippen LogP) is 4.29. The van der Waals surface area contributed by atoms with E-state index in [1.807, 2.05) is 12.1 Å². The molecule has 2 aromatic rings. The molecule has 3 rings (SSSR count). The highest BCUT2D eigenvalue weighted by Crippen LogP contribution is 2.26. The Morgan fingerprint density at radius 3 is 2.50 bits per heavy atom. The Hall–Kier alpha value is -1.46. The van der Waals surface area contributed by atoms with Gasteiger partial charge < -0.3 is 4.90 Å². The normalized spacial score (nSPS) is 17.1. The summed E-state index contributed by atoms with van der Waals surface area (Å²) >= 11 is 1.77. The first-order valence-electron chi connectivity index (χ1n) is 8.59. The lowest BCUT2D eigenvalue weighted by Crippen LogP contribution is -2.30. The Bertz CT molecular complexity index is 660. The van der Waals surface area contributed by atoms with Gasteiger partial charge in [0.2, 0.25) is 0 Å². The molecule has 3 nitrogen and oxygen atoms in total. The number of rotatable bonds is 3. The summed E-state index contributed by atoms with van der Waals surface area (Å²) in [4.78, 5) is 9.64. The van der Waals surface area contributed by atoms with Crippen molar-refractivity contribution in [2.75, 3.05) is 31.1 Å². The third kappa shape index (κ3) is 4.33. The van der Waals surface area contributed by atoms with E-state index in [-0.39, 0.29) is 11.2 Å². The monoisotopic (exact) mass is 347 g/mol. The molecule has 0 radical (unpaired) electrons. The van der Waals surface area contributed by atoms with Crippen molar-refractivity contribution in [1.82, 2.24) is 9.88 Å². The van der Waals surface area contributed by atoms with Crippen LogP contribution in [0.5, 0.6) is 0 Å². The third-order valence-corrected chi connectivity index (χ3v) is 5.68. The Morgan fingerprint density at radius 2 is 1.83 bits per heavy atom. The van der Waals surface area contributed by atoms with Gasteiger partial charge in [0, 0.05) is 49.2 Å². The molecule has 0 saturated carbocycles. The number of anilines is 1. The molecule has 130 valence electrons. The van der Waals surface area contributed by atoms with Crippen molar-refractivity contribution >= 4 is 17.0 Å². The number of aromatic nitrogens is 1. The second-order valence-corrected chi connectivity index (χ2v) is 8.35.